The number of benzene rings is 2. The van der Waals surface area contributed by atoms with E-state index in [1.807, 2.05) is 74.5 Å². The Morgan fingerprint density at radius 3 is 1.27 bits per heavy atom. The summed E-state index contributed by atoms with van der Waals surface area (Å²) in [5.74, 6) is -1.02. The van der Waals surface area contributed by atoms with E-state index in [2.05, 4.69) is 0 Å². The van der Waals surface area contributed by atoms with Crippen molar-refractivity contribution in [1.82, 2.24) is 0 Å². The second-order valence-electron chi connectivity index (χ2n) is 6.79. The minimum atomic E-state index is -0.719. The Balaban J connectivity index is 0.000000260. The van der Waals surface area contributed by atoms with Gasteiger partial charge < -0.3 is 10.2 Å². The smallest absolute Gasteiger partial charge is 0.303 e. The van der Waals surface area contributed by atoms with Gasteiger partial charge in [-0.05, 0) is 35.8 Å². The van der Waals surface area contributed by atoms with Crippen molar-refractivity contribution in [2.45, 2.75) is 39.5 Å². The molecule has 4 heteroatoms. The molecule has 0 bridgehead atoms. The van der Waals surface area contributed by atoms with E-state index >= 15 is 0 Å². The number of carbonyl (C=O) groups is 2. The SMILES string of the molecule is CC(CC(=O)O)Cc1ccccc1.CC(CC(=O)O)Cc1ccccc1. The predicted molar refractivity (Wildman–Crippen MR) is 103 cm³/mol. The highest BCUT2D eigenvalue weighted by Gasteiger charge is 2.08. The molecule has 4 nitrogen and oxygen atoms in total. The number of hydrogen-bond donors (Lipinski definition) is 2. The molecule has 2 aromatic rings. The molecule has 2 unspecified atom stereocenters. The van der Waals surface area contributed by atoms with Gasteiger partial charge in [0.1, 0.15) is 0 Å². The lowest BCUT2D eigenvalue weighted by Crippen LogP contribution is -2.06. The summed E-state index contributed by atoms with van der Waals surface area (Å²) in [5.41, 5.74) is 2.41. The molecule has 140 valence electrons. The van der Waals surface area contributed by atoms with Gasteiger partial charge in [-0.25, -0.2) is 0 Å². The summed E-state index contributed by atoms with van der Waals surface area (Å²) in [6.07, 6.45) is 2.17. The molecule has 0 amide bonds. The Morgan fingerprint density at radius 2 is 1.00 bits per heavy atom. The third-order valence-corrected chi connectivity index (χ3v) is 3.90. The summed E-state index contributed by atoms with van der Waals surface area (Å²) in [6.45, 7) is 3.92. The van der Waals surface area contributed by atoms with E-state index in [0.29, 0.717) is 0 Å². The molecule has 26 heavy (non-hydrogen) atoms. The van der Waals surface area contributed by atoms with Crippen molar-refractivity contribution < 1.29 is 19.8 Å². The first-order valence-corrected chi connectivity index (χ1v) is 8.88. The monoisotopic (exact) mass is 356 g/mol. The van der Waals surface area contributed by atoms with Gasteiger partial charge in [-0.2, -0.15) is 0 Å². The van der Waals surface area contributed by atoms with Crippen molar-refractivity contribution in [2.24, 2.45) is 11.8 Å². The zero-order valence-electron chi connectivity index (χ0n) is 15.5. The van der Waals surface area contributed by atoms with Crippen LogP contribution in [0.1, 0.15) is 37.8 Å². The van der Waals surface area contributed by atoms with Gasteiger partial charge in [0.05, 0.1) is 0 Å². The summed E-state index contributed by atoms with van der Waals surface area (Å²) in [5, 5.41) is 17.1. The van der Waals surface area contributed by atoms with Gasteiger partial charge in [-0.15, -0.1) is 0 Å². The van der Waals surface area contributed by atoms with E-state index in [9.17, 15) is 9.59 Å². The predicted octanol–water partition coefficient (Wildman–Crippen LogP) is 4.68. The molecule has 0 saturated heterocycles. The van der Waals surface area contributed by atoms with E-state index in [1.165, 1.54) is 11.1 Å². The van der Waals surface area contributed by atoms with E-state index in [1.54, 1.807) is 0 Å². The van der Waals surface area contributed by atoms with Crippen LogP contribution >= 0.6 is 0 Å². The zero-order valence-corrected chi connectivity index (χ0v) is 15.5. The molecule has 0 saturated carbocycles. The third kappa shape index (κ3) is 10.3. The molecule has 0 aliphatic carbocycles. The molecule has 0 aliphatic heterocycles. The fraction of sp³-hybridized carbons (Fsp3) is 0.364. The fourth-order valence-electron chi connectivity index (χ4n) is 2.77. The van der Waals surface area contributed by atoms with Crippen LogP contribution in [0, 0.1) is 11.8 Å². The molecule has 2 atom stereocenters. The van der Waals surface area contributed by atoms with Gasteiger partial charge >= 0.3 is 11.9 Å². The maximum Gasteiger partial charge on any atom is 0.303 e. The number of hydrogen-bond acceptors (Lipinski definition) is 2. The Labute approximate surface area is 155 Å². The first-order chi connectivity index (χ1) is 12.4. The Morgan fingerprint density at radius 1 is 0.692 bits per heavy atom. The van der Waals surface area contributed by atoms with Crippen LogP contribution in [0.4, 0.5) is 0 Å². The molecule has 0 aliphatic rings. The second-order valence-corrected chi connectivity index (χ2v) is 6.79. The quantitative estimate of drug-likeness (QED) is 0.720. The summed E-state index contributed by atoms with van der Waals surface area (Å²) >= 11 is 0. The maximum atomic E-state index is 10.4. The lowest BCUT2D eigenvalue weighted by Gasteiger charge is -2.07. The molecule has 2 N–H and O–H groups in total. The standard InChI is InChI=1S/2C11H14O2/c2*1-9(8-11(12)13)7-10-5-3-2-4-6-10/h2*2-6,9H,7-8H2,1H3,(H,12,13). The van der Waals surface area contributed by atoms with Gasteiger partial charge in [-0.1, -0.05) is 74.5 Å². The molecule has 0 heterocycles. The first kappa shape index (κ1) is 21.4. The van der Waals surface area contributed by atoms with E-state index < -0.39 is 11.9 Å². The summed E-state index contributed by atoms with van der Waals surface area (Å²) in [6, 6.07) is 19.9. The van der Waals surface area contributed by atoms with E-state index in [0.717, 1.165) is 12.8 Å². The number of carboxylic acids is 2. The third-order valence-electron chi connectivity index (χ3n) is 3.90. The number of aliphatic carboxylic acids is 2. The van der Waals surface area contributed by atoms with E-state index in [4.69, 9.17) is 10.2 Å². The lowest BCUT2D eigenvalue weighted by molar-refractivity contribution is -0.139. The number of carboxylic acid groups (broad SMARTS) is 2. The van der Waals surface area contributed by atoms with Crippen LogP contribution in [0.5, 0.6) is 0 Å². The fourth-order valence-corrected chi connectivity index (χ4v) is 2.77. The van der Waals surface area contributed by atoms with Crippen LogP contribution in [0.2, 0.25) is 0 Å². The topological polar surface area (TPSA) is 74.6 Å². The van der Waals surface area contributed by atoms with Crippen molar-refractivity contribution in [3.05, 3.63) is 71.8 Å². The maximum absolute atomic E-state index is 10.4. The summed E-state index contributed by atoms with van der Waals surface area (Å²) < 4.78 is 0. The molecular formula is C22H28O4. The number of rotatable bonds is 8. The van der Waals surface area contributed by atoms with Gasteiger partial charge in [-0.3, -0.25) is 9.59 Å². The zero-order chi connectivity index (χ0) is 19.4. The Kier molecular flexibility index (Phi) is 9.77. The first-order valence-electron chi connectivity index (χ1n) is 8.88. The largest absolute Gasteiger partial charge is 0.481 e. The molecule has 0 spiro atoms. The highest BCUT2D eigenvalue weighted by Crippen LogP contribution is 2.12. The van der Waals surface area contributed by atoms with Crippen molar-refractivity contribution >= 4 is 11.9 Å². The van der Waals surface area contributed by atoms with Crippen molar-refractivity contribution in [3.63, 3.8) is 0 Å². The van der Waals surface area contributed by atoms with Crippen molar-refractivity contribution in [1.29, 1.82) is 0 Å². The van der Waals surface area contributed by atoms with Crippen LogP contribution in [0.15, 0.2) is 60.7 Å². The second kappa shape index (κ2) is 11.9. The molecule has 0 fully saturated rings. The highest BCUT2D eigenvalue weighted by molar-refractivity contribution is 5.67. The van der Waals surface area contributed by atoms with Crippen LogP contribution in [-0.2, 0) is 22.4 Å². The van der Waals surface area contributed by atoms with Crippen LogP contribution < -0.4 is 0 Å². The molecular weight excluding hydrogens is 328 g/mol. The normalized spacial score (nSPS) is 12.4. The van der Waals surface area contributed by atoms with Gasteiger partial charge in [0.2, 0.25) is 0 Å². The average Bonchev–Trinajstić information content (AvgIpc) is 2.55. The van der Waals surface area contributed by atoms with Crippen LogP contribution in [0.3, 0.4) is 0 Å². The molecule has 2 aromatic carbocycles. The van der Waals surface area contributed by atoms with Gasteiger partial charge in [0, 0.05) is 12.8 Å². The molecule has 0 radical (unpaired) electrons. The molecule has 0 aromatic heterocycles. The minimum absolute atomic E-state index is 0.208. The highest BCUT2D eigenvalue weighted by atomic mass is 16.4. The Bertz CT molecular complexity index is 593. The van der Waals surface area contributed by atoms with Gasteiger partial charge in [0.15, 0.2) is 0 Å². The lowest BCUT2D eigenvalue weighted by atomic mass is 9.98. The average molecular weight is 356 g/mol. The Hall–Kier alpha value is -2.62. The van der Waals surface area contributed by atoms with Crippen LogP contribution in [0.25, 0.3) is 0 Å². The van der Waals surface area contributed by atoms with E-state index in [-0.39, 0.29) is 24.7 Å². The van der Waals surface area contributed by atoms with Gasteiger partial charge in [0.25, 0.3) is 0 Å². The summed E-state index contributed by atoms with van der Waals surface area (Å²) in [7, 11) is 0. The minimum Gasteiger partial charge on any atom is -0.481 e. The van der Waals surface area contributed by atoms with Crippen molar-refractivity contribution in [3.8, 4) is 0 Å². The van der Waals surface area contributed by atoms with Crippen LogP contribution in [-0.4, -0.2) is 22.2 Å². The summed E-state index contributed by atoms with van der Waals surface area (Å²) in [4.78, 5) is 20.8. The van der Waals surface area contributed by atoms with Crippen molar-refractivity contribution in [2.75, 3.05) is 0 Å². The molecule has 2 rings (SSSR count).